The maximum Gasteiger partial charge on any atom is 0.338 e. The Bertz CT molecular complexity index is 1170. The number of imidazole rings is 1. The molecule has 33 heavy (non-hydrogen) atoms. The number of nitrogens with two attached hydrogens (primary N) is 1. The summed E-state index contributed by atoms with van der Waals surface area (Å²) in [4.78, 5) is 36.9. The summed E-state index contributed by atoms with van der Waals surface area (Å²) in [6.07, 6.45) is 2.30. The van der Waals surface area contributed by atoms with E-state index in [1.54, 1.807) is 65.2 Å². The Morgan fingerprint density at radius 2 is 1.45 bits per heavy atom. The molecule has 0 aliphatic heterocycles. The van der Waals surface area contributed by atoms with Gasteiger partial charge < -0.3 is 19.9 Å². The molecule has 4 aromatic rings. The highest BCUT2D eigenvalue weighted by atomic mass is 16.6. The monoisotopic (exact) mass is 447 g/mol. The molecule has 2 aromatic carbocycles. The maximum atomic E-state index is 12.3. The van der Waals surface area contributed by atoms with Gasteiger partial charge in [-0.3, -0.25) is 4.57 Å². The van der Waals surface area contributed by atoms with Gasteiger partial charge in [0, 0.05) is 0 Å². The van der Waals surface area contributed by atoms with Crippen molar-refractivity contribution in [1.82, 2.24) is 19.5 Å². The zero-order valence-electron chi connectivity index (χ0n) is 17.5. The second-order valence-corrected chi connectivity index (χ2v) is 7.00. The van der Waals surface area contributed by atoms with Gasteiger partial charge in [-0.1, -0.05) is 36.4 Å². The Labute approximate surface area is 188 Å². The van der Waals surface area contributed by atoms with Gasteiger partial charge in [-0.2, -0.15) is 4.98 Å². The van der Waals surface area contributed by atoms with Crippen molar-refractivity contribution in [3.05, 3.63) is 84.3 Å². The smallest absolute Gasteiger partial charge is 0.338 e. The molecule has 0 radical (unpaired) electrons. The average molecular weight is 447 g/mol. The first kappa shape index (κ1) is 21.9. The van der Waals surface area contributed by atoms with Crippen molar-refractivity contribution in [1.29, 1.82) is 0 Å². The average Bonchev–Trinajstić information content (AvgIpc) is 3.26. The fourth-order valence-corrected chi connectivity index (χ4v) is 2.95. The molecular weight excluding hydrogens is 426 g/mol. The van der Waals surface area contributed by atoms with Crippen molar-refractivity contribution in [2.24, 2.45) is 0 Å². The summed E-state index contributed by atoms with van der Waals surface area (Å²) in [6.45, 7) is -0.234. The third-order valence-electron chi connectivity index (χ3n) is 4.65. The molecule has 0 saturated carbocycles. The molecule has 0 saturated heterocycles. The largest absolute Gasteiger partial charge is 0.459 e. The maximum absolute atomic E-state index is 12.3. The molecular formula is C23H21N5O5. The Morgan fingerprint density at radius 3 is 2.03 bits per heavy atom. The number of aromatic nitrogens is 4. The van der Waals surface area contributed by atoms with Crippen molar-refractivity contribution in [3.63, 3.8) is 0 Å². The van der Waals surface area contributed by atoms with Crippen LogP contribution in [0.3, 0.4) is 0 Å². The number of ether oxygens (including phenoxy) is 3. The Morgan fingerprint density at radius 1 is 0.879 bits per heavy atom. The minimum Gasteiger partial charge on any atom is -0.459 e. The van der Waals surface area contributed by atoms with Crippen LogP contribution in [0.5, 0.6) is 0 Å². The molecule has 0 spiro atoms. The van der Waals surface area contributed by atoms with Gasteiger partial charge in [0.2, 0.25) is 5.95 Å². The highest BCUT2D eigenvalue weighted by Gasteiger charge is 2.18. The minimum absolute atomic E-state index is 0.0173. The first-order valence-corrected chi connectivity index (χ1v) is 10.1. The summed E-state index contributed by atoms with van der Waals surface area (Å²) < 4.78 is 18.3. The van der Waals surface area contributed by atoms with Gasteiger partial charge in [0.25, 0.3) is 0 Å². The van der Waals surface area contributed by atoms with Crippen LogP contribution < -0.4 is 5.73 Å². The van der Waals surface area contributed by atoms with Crippen LogP contribution >= 0.6 is 0 Å². The third-order valence-corrected chi connectivity index (χ3v) is 4.65. The normalized spacial score (nSPS) is 10.9. The lowest BCUT2D eigenvalue weighted by molar-refractivity contribution is -0.0616. The molecule has 0 fully saturated rings. The van der Waals surface area contributed by atoms with Crippen LogP contribution in [-0.4, -0.2) is 50.8 Å². The van der Waals surface area contributed by atoms with E-state index < -0.39 is 18.0 Å². The van der Waals surface area contributed by atoms with Crippen molar-refractivity contribution < 1.29 is 23.8 Å². The highest BCUT2D eigenvalue weighted by molar-refractivity contribution is 5.89. The van der Waals surface area contributed by atoms with Crippen LogP contribution in [-0.2, 0) is 20.9 Å². The van der Waals surface area contributed by atoms with Gasteiger partial charge in [-0.05, 0) is 24.3 Å². The quantitative estimate of drug-likeness (QED) is 0.384. The second-order valence-electron chi connectivity index (χ2n) is 7.00. The SMILES string of the molecule is Nc1ncc2ncn(COC(COC(=O)c3ccccc3)COC(=O)c3ccccc3)c2n1. The standard InChI is InChI=1S/C23H21N5O5/c24-23-25-11-19-20(27-23)28(14-26-19)15-33-18(12-31-21(29)16-7-3-1-4-8-16)13-32-22(30)17-9-5-2-6-10-17/h1-11,14,18H,12-13,15H2,(H2,24,25,27). The van der Waals surface area contributed by atoms with Crippen LogP contribution in [0.2, 0.25) is 0 Å². The van der Waals surface area contributed by atoms with Gasteiger partial charge in [0.05, 0.1) is 23.7 Å². The topological polar surface area (TPSA) is 131 Å². The van der Waals surface area contributed by atoms with Gasteiger partial charge >= 0.3 is 11.9 Å². The van der Waals surface area contributed by atoms with Gasteiger partial charge in [-0.15, -0.1) is 0 Å². The van der Waals surface area contributed by atoms with E-state index in [9.17, 15) is 9.59 Å². The van der Waals surface area contributed by atoms with Gasteiger partial charge in [-0.25, -0.2) is 19.6 Å². The summed E-state index contributed by atoms with van der Waals surface area (Å²) in [6, 6.07) is 17.2. The third kappa shape index (κ3) is 5.69. The molecule has 0 amide bonds. The first-order chi connectivity index (χ1) is 16.1. The van der Waals surface area contributed by atoms with Crippen molar-refractivity contribution in [2.45, 2.75) is 12.8 Å². The predicted octanol–water partition coefficient (Wildman–Crippen LogP) is 2.47. The number of nitrogens with zero attached hydrogens (tertiary/aromatic N) is 4. The molecule has 0 atom stereocenters. The van der Waals surface area contributed by atoms with E-state index in [1.807, 2.05) is 0 Å². The number of anilines is 1. The number of nitrogen functional groups attached to an aromatic ring is 1. The highest BCUT2D eigenvalue weighted by Crippen LogP contribution is 2.12. The van der Waals surface area contributed by atoms with E-state index >= 15 is 0 Å². The number of hydrogen-bond donors (Lipinski definition) is 1. The Hall–Kier alpha value is -4.31. The molecule has 0 bridgehead atoms. The summed E-state index contributed by atoms with van der Waals surface area (Å²) in [5.74, 6) is -0.909. The van der Waals surface area contributed by atoms with Crippen molar-refractivity contribution in [3.8, 4) is 0 Å². The molecule has 0 aliphatic carbocycles. The first-order valence-electron chi connectivity index (χ1n) is 10.1. The molecule has 10 heteroatoms. The van der Waals surface area contributed by atoms with Gasteiger partial charge in [0.1, 0.15) is 31.6 Å². The van der Waals surface area contributed by atoms with Crippen LogP contribution in [0.1, 0.15) is 20.7 Å². The fraction of sp³-hybridized carbons (Fsp3) is 0.174. The van der Waals surface area contributed by atoms with Crippen molar-refractivity contribution >= 4 is 29.1 Å². The molecule has 2 aromatic heterocycles. The van der Waals surface area contributed by atoms with Crippen molar-refractivity contribution in [2.75, 3.05) is 18.9 Å². The fourth-order valence-electron chi connectivity index (χ4n) is 2.95. The molecule has 0 aliphatic rings. The lowest BCUT2D eigenvalue weighted by Gasteiger charge is -2.18. The number of fused-ring (bicyclic) bond motifs is 1. The second kappa shape index (κ2) is 10.3. The molecule has 2 N–H and O–H groups in total. The summed E-state index contributed by atoms with van der Waals surface area (Å²) in [5, 5.41) is 0. The van der Waals surface area contributed by atoms with E-state index in [-0.39, 0.29) is 25.9 Å². The van der Waals surface area contributed by atoms with Crippen LogP contribution in [0.15, 0.2) is 73.2 Å². The van der Waals surface area contributed by atoms with Gasteiger partial charge in [0.15, 0.2) is 5.65 Å². The number of carbonyl (C=O) groups excluding carboxylic acids is 2. The van der Waals surface area contributed by atoms with Crippen LogP contribution in [0, 0.1) is 0 Å². The lowest BCUT2D eigenvalue weighted by atomic mass is 10.2. The number of rotatable bonds is 9. The lowest BCUT2D eigenvalue weighted by Crippen LogP contribution is -2.29. The molecule has 4 rings (SSSR count). The van der Waals surface area contributed by atoms with E-state index in [0.29, 0.717) is 22.3 Å². The van der Waals surface area contributed by atoms with E-state index in [2.05, 4.69) is 15.0 Å². The Kier molecular flexibility index (Phi) is 6.86. The van der Waals surface area contributed by atoms with E-state index in [4.69, 9.17) is 19.9 Å². The molecule has 2 heterocycles. The zero-order valence-corrected chi connectivity index (χ0v) is 17.5. The van der Waals surface area contributed by atoms with Crippen LogP contribution in [0.25, 0.3) is 11.2 Å². The number of hydrogen-bond acceptors (Lipinski definition) is 9. The molecule has 0 unspecified atom stereocenters. The summed E-state index contributed by atoms with van der Waals surface area (Å²) >= 11 is 0. The minimum atomic E-state index is -0.734. The number of carbonyl (C=O) groups is 2. The van der Waals surface area contributed by atoms with Crippen LogP contribution in [0.4, 0.5) is 5.95 Å². The van der Waals surface area contributed by atoms with E-state index in [1.165, 1.54) is 12.5 Å². The summed E-state index contributed by atoms with van der Waals surface area (Å²) in [7, 11) is 0. The zero-order chi connectivity index (χ0) is 23.0. The number of benzene rings is 2. The molecule has 168 valence electrons. The summed E-state index contributed by atoms with van der Waals surface area (Å²) in [5.41, 5.74) is 7.52. The predicted molar refractivity (Wildman–Crippen MR) is 118 cm³/mol. The Balaban J connectivity index is 1.42. The molecule has 10 nitrogen and oxygen atoms in total. The number of esters is 2. The van der Waals surface area contributed by atoms with E-state index in [0.717, 1.165) is 0 Å².